The van der Waals surface area contributed by atoms with Crippen LogP contribution in [0, 0.1) is 0 Å². The lowest BCUT2D eigenvalue weighted by Gasteiger charge is -2.30. The van der Waals surface area contributed by atoms with Crippen LogP contribution < -0.4 is 21.8 Å². The summed E-state index contributed by atoms with van der Waals surface area (Å²) in [7, 11) is 1.44. The fourth-order valence-corrected chi connectivity index (χ4v) is 2.14. The summed E-state index contributed by atoms with van der Waals surface area (Å²) in [5.74, 6) is 4.48. The van der Waals surface area contributed by atoms with Gasteiger partial charge in [-0.1, -0.05) is 0 Å². The average Bonchev–Trinajstić information content (AvgIpc) is 2.56. The third-order valence-electron chi connectivity index (χ3n) is 3.22. The van der Waals surface area contributed by atoms with E-state index < -0.39 is 5.91 Å². The molecule has 0 saturated carbocycles. The Morgan fingerprint density at radius 2 is 2.18 bits per heavy atom. The van der Waals surface area contributed by atoms with Crippen molar-refractivity contribution >= 4 is 28.8 Å². The fraction of sp³-hybridized carbons (Fsp3) is 0.385. The molecule has 1 aromatic heterocycles. The molecule has 22 heavy (non-hydrogen) atoms. The Hall–Kier alpha value is -2.68. The van der Waals surface area contributed by atoms with Crippen LogP contribution in [0.3, 0.4) is 0 Å². The predicted octanol–water partition coefficient (Wildman–Crippen LogP) is -0.842. The predicted molar refractivity (Wildman–Crippen MR) is 85.1 cm³/mol. The molecule has 9 heteroatoms. The number of hydrazone groups is 1. The van der Waals surface area contributed by atoms with Crippen molar-refractivity contribution in [1.82, 2.24) is 4.98 Å². The van der Waals surface area contributed by atoms with Gasteiger partial charge in [-0.25, -0.2) is 0 Å². The molecule has 1 aliphatic rings. The highest BCUT2D eigenvalue weighted by Crippen LogP contribution is 2.25. The zero-order valence-electron chi connectivity index (χ0n) is 12.3. The highest BCUT2D eigenvalue weighted by atomic mass is 16.5. The van der Waals surface area contributed by atoms with Gasteiger partial charge < -0.3 is 26.5 Å². The van der Waals surface area contributed by atoms with Gasteiger partial charge in [0.05, 0.1) is 30.8 Å². The van der Waals surface area contributed by atoms with Gasteiger partial charge in [-0.05, 0) is 6.07 Å². The number of nitrogens with two attached hydrogens (primary N) is 2. The molecular weight excluding hydrogens is 286 g/mol. The average molecular weight is 305 g/mol. The monoisotopic (exact) mass is 305 g/mol. The molecule has 0 atom stereocenters. The SMILES string of the molecule is C/N=C(C(=O)Nc1cnccc1N1CCOCC1)\C(N)=N/N. The van der Waals surface area contributed by atoms with Crippen LogP contribution in [0.25, 0.3) is 0 Å². The van der Waals surface area contributed by atoms with E-state index in [0.717, 1.165) is 18.8 Å². The molecule has 0 radical (unpaired) electrons. The first-order valence-corrected chi connectivity index (χ1v) is 6.76. The Bertz CT molecular complexity index is 594. The number of nitrogens with zero attached hydrogens (tertiary/aromatic N) is 4. The van der Waals surface area contributed by atoms with Gasteiger partial charge in [0.2, 0.25) is 0 Å². The van der Waals surface area contributed by atoms with E-state index in [4.69, 9.17) is 16.3 Å². The summed E-state index contributed by atoms with van der Waals surface area (Å²) in [4.78, 5) is 22.2. The second-order valence-corrected chi connectivity index (χ2v) is 4.53. The third-order valence-corrected chi connectivity index (χ3v) is 3.22. The third kappa shape index (κ3) is 3.50. The normalized spacial score (nSPS) is 16.5. The molecule has 1 saturated heterocycles. The number of nitrogens with one attached hydrogen (secondary N) is 1. The van der Waals surface area contributed by atoms with Crippen molar-refractivity contribution in [3.8, 4) is 0 Å². The number of ether oxygens (including phenoxy) is 1. The number of rotatable bonds is 4. The lowest BCUT2D eigenvalue weighted by molar-refractivity contribution is -0.110. The Balaban J connectivity index is 2.21. The minimum atomic E-state index is -0.489. The number of morpholine rings is 1. The van der Waals surface area contributed by atoms with Crippen LogP contribution in [0.2, 0.25) is 0 Å². The molecule has 9 nitrogen and oxygen atoms in total. The van der Waals surface area contributed by atoms with E-state index in [1.54, 1.807) is 12.4 Å². The minimum Gasteiger partial charge on any atom is -0.380 e. The van der Waals surface area contributed by atoms with Crippen LogP contribution in [0.5, 0.6) is 0 Å². The van der Waals surface area contributed by atoms with E-state index in [-0.39, 0.29) is 11.5 Å². The zero-order valence-corrected chi connectivity index (χ0v) is 12.3. The van der Waals surface area contributed by atoms with Crippen molar-refractivity contribution in [1.29, 1.82) is 0 Å². The van der Waals surface area contributed by atoms with E-state index in [9.17, 15) is 4.79 Å². The topological polar surface area (TPSA) is 131 Å². The fourth-order valence-electron chi connectivity index (χ4n) is 2.14. The van der Waals surface area contributed by atoms with E-state index in [1.807, 2.05) is 6.07 Å². The maximum atomic E-state index is 12.2. The lowest BCUT2D eigenvalue weighted by atomic mass is 10.2. The van der Waals surface area contributed by atoms with Crippen LogP contribution >= 0.6 is 0 Å². The van der Waals surface area contributed by atoms with Crippen LogP contribution in [0.4, 0.5) is 11.4 Å². The standard InChI is InChI=1S/C13H19N7O2/c1-16-11(12(14)19-15)13(21)18-9-8-17-3-2-10(9)20-4-6-22-7-5-20/h2-3,8H,4-7,15H2,1H3,(H2,14,19)(H,18,21)/b16-11+. The first-order chi connectivity index (χ1) is 10.7. The number of carbonyl (C=O) groups is 1. The van der Waals surface area contributed by atoms with Gasteiger partial charge in [-0.3, -0.25) is 14.8 Å². The Labute approximate surface area is 128 Å². The second-order valence-electron chi connectivity index (χ2n) is 4.53. The quantitative estimate of drug-likeness (QED) is 0.288. The maximum absolute atomic E-state index is 12.2. The summed E-state index contributed by atoms with van der Waals surface area (Å²) in [5, 5.41) is 6.04. The molecule has 1 aromatic rings. The first kappa shape index (κ1) is 15.7. The van der Waals surface area contributed by atoms with E-state index in [2.05, 4.69) is 25.3 Å². The number of hydrogen-bond donors (Lipinski definition) is 3. The molecule has 0 spiro atoms. The molecule has 2 rings (SSSR count). The molecule has 1 fully saturated rings. The summed E-state index contributed by atoms with van der Waals surface area (Å²) in [5.41, 5.74) is 6.96. The smallest absolute Gasteiger partial charge is 0.277 e. The molecule has 0 unspecified atom stereocenters. The highest BCUT2D eigenvalue weighted by Gasteiger charge is 2.19. The van der Waals surface area contributed by atoms with Crippen LogP contribution in [0.15, 0.2) is 28.6 Å². The summed E-state index contributed by atoms with van der Waals surface area (Å²) in [6.07, 6.45) is 3.25. The molecule has 1 amide bonds. The second kappa shape index (κ2) is 7.36. The van der Waals surface area contributed by atoms with E-state index >= 15 is 0 Å². The van der Waals surface area contributed by atoms with Gasteiger partial charge in [0, 0.05) is 26.3 Å². The molecular formula is C13H19N7O2. The number of pyridine rings is 1. The molecule has 0 aliphatic carbocycles. The van der Waals surface area contributed by atoms with Gasteiger partial charge in [0.25, 0.3) is 5.91 Å². The molecule has 2 heterocycles. The lowest BCUT2D eigenvalue weighted by Crippen LogP contribution is -2.38. The van der Waals surface area contributed by atoms with E-state index in [0.29, 0.717) is 18.9 Å². The van der Waals surface area contributed by atoms with Gasteiger partial charge in [-0.15, -0.1) is 0 Å². The number of aliphatic imine (C=N–C) groups is 1. The van der Waals surface area contributed by atoms with Crippen molar-refractivity contribution in [2.24, 2.45) is 21.7 Å². The zero-order chi connectivity index (χ0) is 15.9. The van der Waals surface area contributed by atoms with E-state index in [1.165, 1.54) is 7.05 Å². The molecule has 0 aromatic carbocycles. The number of anilines is 2. The van der Waals surface area contributed by atoms with Crippen LogP contribution in [-0.4, -0.2) is 55.8 Å². The van der Waals surface area contributed by atoms with Crippen LogP contribution in [0.1, 0.15) is 0 Å². The van der Waals surface area contributed by atoms with Crippen molar-refractivity contribution < 1.29 is 9.53 Å². The Morgan fingerprint density at radius 1 is 1.45 bits per heavy atom. The first-order valence-electron chi connectivity index (χ1n) is 6.76. The van der Waals surface area contributed by atoms with Crippen molar-refractivity contribution in [3.63, 3.8) is 0 Å². The van der Waals surface area contributed by atoms with Gasteiger partial charge in [0.1, 0.15) is 0 Å². The largest absolute Gasteiger partial charge is 0.380 e. The Kier molecular flexibility index (Phi) is 5.26. The summed E-state index contributed by atoms with van der Waals surface area (Å²) in [6.45, 7) is 2.77. The summed E-state index contributed by atoms with van der Waals surface area (Å²) < 4.78 is 5.33. The van der Waals surface area contributed by atoms with Crippen LogP contribution in [-0.2, 0) is 9.53 Å². The Morgan fingerprint density at radius 3 is 2.82 bits per heavy atom. The van der Waals surface area contributed by atoms with Crippen molar-refractivity contribution in [3.05, 3.63) is 18.5 Å². The summed E-state index contributed by atoms with van der Waals surface area (Å²) in [6, 6.07) is 1.84. The van der Waals surface area contributed by atoms with Gasteiger partial charge >= 0.3 is 0 Å². The maximum Gasteiger partial charge on any atom is 0.277 e. The van der Waals surface area contributed by atoms with Gasteiger partial charge in [-0.2, -0.15) is 5.10 Å². The number of carbonyl (C=O) groups excluding carboxylic acids is 1. The highest BCUT2D eigenvalue weighted by molar-refractivity contribution is 6.68. The van der Waals surface area contributed by atoms with Crippen molar-refractivity contribution in [2.75, 3.05) is 43.6 Å². The minimum absolute atomic E-state index is 0.0284. The summed E-state index contributed by atoms with van der Waals surface area (Å²) >= 11 is 0. The number of aromatic nitrogens is 1. The number of amides is 1. The number of hydrogen-bond acceptors (Lipinski definition) is 7. The molecule has 5 N–H and O–H groups in total. The molecule has 118 valence electrons. The molecule has 0 bridgehead atoms. The number of amidine groups is 1. The van der Waals surface area contributed by atoms with Crippen molar-refractivity contribution in [2.45, 2.75) is 0 Å². The molecule has 1 aliphatic heterocycles. The van der Waals surface area contributed by atoms with Gasteiger partial charge in [0.15, 0.2) is 11.5 Å².